The van der Waals surface area contributed by atoms with E-state index in [1.54, 1.807) is 0 Å². The maximum atomic E-state index is 14.8. The number of alkyl halides is 12. The Morgan fingerprint density at radius 3 is 0.661 bits per heavy atom. The second kappa shape index (κ2) is 14.4. The van der Waals surface area contributed by atoms with Gasteiger partial charge in [0.05, 0.1) is 33.6 Å². The van der Waals surface area contributed by atoms with Crippen LogP contribution in [0.2, 0.25) is 0 Å². The third kappa shape index (κ3) is 7.90. The number of aromatic nitrogens is 2. The number of pyridine rings is 2. The van der Waals surface area contributed by atoms with Crippen molar-refractivity contribution >= 4 is 46.1 Å². The van der Waals surface area contributed by atoms with Crippen molar-refractivity contribution in [3.63, 3.8) is 0 Å². The average molecular weight is 829 g/mol. The summed E-state index contributed by atoms with van der Waals surface area (Å²) in [5.41, 5.74) is -4.00. The zero-order chi connectivity index (χ0) is 40.9. The summed E-state index contributed by atoms with van der Waals surface area (Å²) in [5, 5.41) is -0.665. The summed E-state index contributed by atoms with van der Waals surface area (Å²) in [6.07, 6.45) is -16.7. The van der Waals surface area contributed by atoms with Gasteiger partial charge in [0.2, 0.25) is 0 Å². The number of benzene rings is 4. The van der Waals surface area contributed by atoms with Gasteiger partial charge in [0, 0.05) is 44.2 Å². The molecule has 0 radical (unpaired) electrons. The molecule has 0 atom stereocenters. The summed E-state index contributed by atoms with van der Waals surface area (Å²) in [5.74, 6) is 0. The van der Waals surface area contributed by atoms with E-state index in [0.29, 0.717) is 48.5 Å². The molecule has 0 bridgehead atoms. The molecule has 0 saturated heterocycles. The number of rotatable bonds is 7. The Morgan fingerprint density at radius 2 is 0.500 bits per heavy atom. The number of hydrogen-bond acceptors (Lipinski definition) is 4. The lowest BCUT2D eigenvalue weighted by Gasteiger charge is -2.21. The summed E-state index contributed by atoms with van der Waals surface area (Å²) < 4.78 is 189. The number of nitrogens with zero attached hydrogens (tertiary/aromatic N) is 2. The Bertz CT molecular complexity index is 2130. The van der Waals surface area contributed by atoms with Crippen molar-refractivity contribution in [2.24, 2.45) is 0 Å². The molecule has 0 fully saturated rings. The number of halogens is 12. The molecule has 56 heavy (non-hydrogen) atoms. The molecule has 6 aromatic rings. The van der Waals surface area contributed by atoms with E-state index in [-0.39, 0.29) is 43.2 Å². The molecule has 0 unspecified atom stereocenters. The van der Waals surface area contributed by atoms with Gasteiger partial charge in [0.25, 0.3) is 0 Å². The maximum Gasteiger partial charge on any atom is 0.416 e. The minimum atomic E-state index is -4.73. The molecular weight excluding hydrogens is 806 g/mol. The van der Waals surface area contributed by atoms with Crippen molar-refractivity contribution in [1.82, 2.24) is 9.97 Å². The summed E-state index contributed by atoms with van der Waals surface area (Å²) in [4.78, 5) is 8.55. The lowest BCUT2D eigenvalue weighted by atomic mass is 10.2. The molecule has 2 aromatic heterocycles. The highest BCUT2D eigenvalue weighted by Gasteiger charge is 2.38. The van der Waals surface area contributed by atoms with Gasteiger partial charge in [-0.15, -0.1) is 0 Å². The Morgan fingerprint density at radius 1 is 0.304 bits per heavy atom. The molecule has 0 spiro atoms. The molecule has 0 saturated carbocycles. The van der Waals surface area contributed by atoms with E-state index in [2.05, 4.69) is 9.97 Å². The quantitative estimate of drug-likeness (QED) is 0.119. The Hall–Kier alpha value is -5.20. The fraction of sp³-hybridized carbons (Fsp3) is 0.105. The van der Waals surface area contributed by atoms with Gasteiger partial charge in [-0.3, -0.25) is 9.97 Å². The molecular formula is C38H22F12N2O2P2. The van der Waals surface area contributed by atoms with Crippen molar-refractivity contribution in [2.75, 3.05) is 0 Å². The standard InChI is InChI=1S/C38H22F12N2O2P2/c39-35(40,41)23-1-9-27(10-2-23)55(53,28-11-3-24(4-12-28)36(42,43)44)31-17-19-33(51-21-31)34-20-18-32(22-52-34)56(54,29-13-5-25(6-14-29)37(45,46)47)30-15-7-26(8-16-30)38(48,49)50/h1-22H. The monoisotopic (exact) mass is 828 g/mol. The van der Waals surface area contributed by atoms with Crippen LogP contribution >= 0.6 is 14.3 Å². The van der Waals surface area contributed by atoms with Crippen molar-refractivity contribution in [3.05, 3.63) is 156 Å². The van der Waals surface area contributed by atoms with Crippen LogP contribution in [0.15, 0.2) is 134 Å². The smallest absolute Gasteiger partial charge is 0.309 e. The first-order valence-electron chi connectivity index (χ1n) is 15.9. The minimum Gasteiger partial charge on any atom is -0.309 e. The Kier molecular flexibility index (Phi) is 10.4. The first-order chi connectivity index (χ1) is 26.0. The Balaban J connectivity index is 1.39. The zero-order valence-electron chi connectivity index (χ0n) is 27.8. The fourth-order valence-corrected chi connectivity index (χ4v) is 10.9. The van der Waals surface area contributed by atoms with Gasteiger partial charge < -0.3 is 9.13 Å². The van der Waals surface area contributed by atoms with Crippen LogP contribution in [0.4, 0.5) is 52.7 Å². The van der Waals surface area contributed by atoms with E-state index in [1.165, 1.54) is 24.3 Å². The fourth-order valence-electron chi connectivity index (χ4n) is 5.78. The lowest BCUT2D eigenvalue weighted by Crippen LogP contribution is -2.26. The molecule has 4 aromatic carbocycles. The summed E-state index contributed by atoms with van der Waals surface area (Å²) in [6.45, 7) is 0. The van der Waals surface area contributed by atoms with Gasteiger partial charge in [0.15, 0.2) is 14.3 Å². The maximum absolute atomic E-state index is 14.8. The highest BCUT2D eigenvalue weighted by atomic mass is 31.2. The first-order valence-corrected chi connectivity index (χ1v) is 19.3. The van der Waals surface area contributed by atoms with Crippen LogP contribution in [0.25, 0.3) is 11.4 Å². The molecule has 4 nitrogen and oxygen atoms in total. The van der Waals surface area contributed by atoms with E-state index in [0.717, 1.165) is 60.9 Å². The predicted octanol–water partition coefficient (Wildman–Crippen LogP) is 9.50. The summed E-state index contributed by atoms with van der Waals surface area (Å²) in [6, 6.07) is 18.4. The van der Waals surface area contributed by atoms with Gasteiger partial charge in [-0.25, -0.2) is 0 Å². The lowest BCUT2D eigenvalue weighted by molar-refractivity contribution is -0.138. The third-order valence-electron chi connectivity index (χ3n) is 8.72. The van der Waals surface area contributed by atoms with Crippen LogP contribution in [-0.4, -0.2) is 9.97 Å². The number of hydrogen-bond donors (Lipinski definition) is 0. The van der Waals surface area contributed by atoms with Gasteiger partial charge in [-0.05, 0) is 72.8 Å². The SMILES string of the molecule is O=P(c1ccc(C(F)(F)F)cc1)(c1ccc(C(F)(F)F)cc1)c1ccc(-c2ccc(P(=O)(c3ccc(C(F)(F)F)cc3)c3ccc(C(F)(F)F)cc3)cn2)nc1. The van der Waals surface area contributed by atoms with E-state index < -0.39 is 61.2 Å². The van der Waals surface area contributed by atoms with Crippen molar-refractivity contribution in [2.45, 2.75) is 24.7 Å². The summed E-state index contributed by atoms with van der Waals surface area (Å²) >= 11 is 0. The predicted molar refractivity (Wildman–Crippen MR) is 186 cm³/mol. The molecule has 0 N–H and O–H groups in total. The van der Waals surface area contributed by atoms with E-state index in [9.17, 15) is 61.8 Å². The molecule has 290 valence electrons. The average Bonchev–Trinajstić information content (AvgIpc) is 3.16. The molecule has 0 aliphatic carbocycles. The minimum absolute atomic E-state index is 0.0634. The summed E-state index contributed by atoms with van der Waals surface area (Å²) in [7, 11) is -8.31. The zero-order valence-corrected chi connectivity index (χ0v) is 29.6. The van der Waals surface area contributed by atoms with Crippen LogP contribution in [0.3, 0.4) is 0 Å². The van der Waals surface area contributed by atoms with Crippen LogP contribution in [-0.2, 0) is 33.8 Å². The van der Waals surface area contributed by atoms with Gasteiger partial charge in [-0.2, -0.15) is 52.7 Å². The van der Waals surface area contributed by atoms with Gasteiger partial charge >= 0.3 is 24.7 Å². The van der Waals surface area contributed by atoms with Gasteiger partial charge in [0.1, 0.15) is 0 Å². The molecule has 0 amide bonds. The largest absolute Gasteiger partial charge is 0.416 e. The topological polar surface area (TPSA) is 59.9 Å². The normalized spacial score (nSPS) is 13.1. The van der Waals surface area contributed by atoms with Crippen molar-refractivity contribution in [3.8, 4) is 11.4 Å². The van der Waals surface area contributed by atoms with Crippen molar-refractivity contribution in [1.29, 1.82) is 0 Å². The van der Waals surface area contributed by atoms with E-state index in [1.807, 2.05) is 0 Å². The van der Waals surface area contributed by atoms with Crippen LogP contribution in [0, 0.1) is 0 Å². The first kappa shape index (κ1) is 40.5. The van der Waals surface area contributed by atoms with Crippen molar-refractivity contribution < 1.29 is 61.8 Å². The Labute approximate surface area is 309 Å². The molecule has 6 rings (SSSR count). The second-order valence-electron chi connectivity index (χ2n) is 12.2. The van der Waals surface area contributed by atoms with Gasteiger partial charge in [-0.1, -0.05) is 48.5 Å². The molecule has 0 aliphatic rings. The van der Waals surface area contributed by atoms with E-state index in [4.69, 9.17) is 0 Å². The van der Waals surface area contributed by atoms with Crippen LogP contribution in [0.1, 0.15) is 22.3 Å². The molecule has 18 heteroatoms. The highest BCUT2D eigenvalue weighted by Crippen LogP contribution is 2.45. The second-order valence-corrected chi connectivity index (χ2v) is 17.7. The molecule has 0 aliphatic heterocycles. The van der Waals surface area contributed by atoms with E-state index >= 15 is 0 Å². The molecule has 2 heterocycles. The highest BCUT2D eigenvalue weighted by molar-refractivity contribution is 7.85. The van der Waals surface area contributed by atoms with Crippen LogP contribution in [0.5, 0.6) is 0 Å². The van der Waals surface area contributed by atoms with Crippen LogP contribution < -0.4 is 31.8 Å². The third-order valence-corrected chi connectivity index (χ3v) is 14.8.